The molecule has 156 valence electrons. The lowest BCUT2D eigenvalue weighted by molar-refractivity contribution is -0.156. The molecule has 2 aliphatic heterocycles. The van der Waals surface area contributed by atoms with Crippen molar-refractivity contribution in [1.29, 1.82) is 5.26 Å². The fourth-order valence-corrected chi connectivity index (χ4v) is 3.82. The van der Waals surface area contributed by atoms with Crippen LogP contribution in [0.25, 0.3) is 0 Å². The number of nitrogens with zero attached hydrogens (tertiary/aromatic N) is 3. The molecule has 2 saturated heterocycles. The first kappa shape index (κ1) is 21.1. The van der Waals surface area contributed by atoms with Gasteiger partial charge in [-0.2, -0.15) is 5.26 Å². The lowest BCUT2D eigenvalue weighted by Crippen LogP contribution is -2.40. The van der Waals surface area contributed by atoms with Crippen molar-refractivity contribution in [3.8, 4) is 6.07 Å². The Labute approximate surface area is 172 Å². The normalized spacial score (nSPS) is 21.0. The molecule has 2 heterocycles. The Morgan fingerprint density at radius 1 is 1.24 bits per heavy atom. The smallest absolute Gasteiger partial charge is 0.414 e. The van der Waals surface area contributed by atoms with Crippen LogP contribution in [0.15, 0.2) is 24.3 Å². The molecule has 0 spiro atoms. The Morgan fingerprint density at radius 3 is 2.48 bits per heavy atom. The number of ether oxygens (including phenoxy) is 2. The minimum Gasteiger partial charge on any atom is -0.460 e. The first-order valence-electron chi connectivity index (χ1n) is 10.2. The van der Waals surface area contributed by atoms with E-state index in [0.717, 1.165) is 31.6 Å². The summed E-state index contributed by atoms with van der Waals surface area (Å²) < 4.78 is 11.0. The van der Waals surface area contributed by atoms with E-state index in [4.69, 9.17) is 14.7 Å². The molecule has 2 aliphatic rings. The van der Waals surface area contributed by atoms with Crippen LogP contribution in [-0.4, -0.2) is 54.8 Å². The molecule has 0 aromatic heterocycles. The number of hydrogen-bond donors (Lipinski definition) is 0. The van der Waals surface area contributed by atoms with Gasteiger partial charge in [-0.1, -0.05) is 0 Å². The summed E-state index contributed by atoms with van der Waals surface area (Å²) in [4.78, 5) is 28.2. The molecule has 7 nitrogen and oxygen atoms in total. The van der Waals surface area contributed by atoms with E-state index in [1.807, 2.05) is 20.8 Å². The molecule has 0 radical (unpaired) electrons. The van der Waals surface area contributed by atoms with Gasteiger partial charge in [0.25, 0.3) is 0 Å². The molecule has 0 bridgehead atoms. The Morgan fingerprint density at radius 2 is 1.90 bits per heavy atom. The minimum absolute atomic E-state index is 0.126. The molecule has 29 heavy (non-hydrogen) atoms. The van der Waals surface area contributed by atoms with E-state index in [1.54, 1.807) is 29.2 Å². The van der Waals surface area contributed by atoms with Gasteiger partial charge in [-0.25, -0.2) is 4.79 Å². The van der Waals surface area contributed by atoms with E-state index in [1.165, 1.54) is 0 Å². The van der Waals surface area contributed by atoms with Gasteiger partial charge >= 0.3 is 12.1 Å². The molecule has 2 fully saturated rings. The number of carbonyl (C=O) groups excluding carboxylic acids is 2. The summed E-state index contributed by atoms with van der Waals surface area (Å²) in [6.45, 7) is 8.63. The number of benzene rings is 1. The molecule has 0 aliphatic carbocycles. The molecular weight excluding hydrogens is 370 g/mol. The number of piperidine rings is 1. The molecule has 0 N–H and O–H groups in total. The summed E-state index contributed by atoms with van der Waals surface area (Å²) in [5.74, 6) is 0.223. The minimum atomic E-state index is -0.440. The van der Waals surface area contributed by atoms with E-state index in [-0.39, 0.29) is 18.2 Å². The average molecular weight is 399 g/mol. The Kier molecular flexibility index (Phi) is 6.43. The molecular formula is C22H29N3O4. The van der Waals surface area contributed by atoms with Gasteiger partial charge in [-0.15, -0.1) is 0 Å². The third kappa shape index (κ3) is 5.94. The predicted molar refractivity (Wildman–Crippen MR) is 108 cm³/mol. The lowest BCUT2D eigenvalue weighted by atomic mass is 9.93. The zero-order valence-electron chi connectivity index (χ0n) is 17.4. The molecule has 1 amide bonds. The van der Waals surface area contributed by atoms with Crippen LogP contribution in [0.1, 0.15) is 45.6 Å². The highest BCUT2D eigenvalue weighted by molar-refractivity contribution is 5.89. The summed E-state index contributed by atoms with van der Waals surface area (Å²) in [6, 6.07) is 9.01. The molecule has 1 aromatic carbocycles. The van der Waals surface area contributed by atoms with E-state index in [2.05, 4.69) is 11.0 Å². The third-order valence-electron chi connectivity index (χ3n) is 5.23. The van der Waals surface area contributed by atoms with Crippen molar-refractivity contribution in [2.45, 2.75) is 51.7 Å². The number of carbonyl (C=O) groups is 2. The quantitative estimate of drug-likeness (QED) is 0.707. The molecule has 1 aromatic rings. The van der Waals surface area contributed by atoms with Crippen molar-refractivity contribution < 1.29 is 19.1 Å². The maximum Gasteiger partial charge on any atom is 0.414 e. The molecule has 7 heteroatoms. The van der Waals surface area contributed by atoms with E-state index < -0.39 is 5.60 Å². The van der Waals surface area contributed by atoms with Crippen molar-refractivity contribution in [3.63, 3.8) is 0 Å². The van der Waals surface area contributed by atoms with Crippen LogP contribution >= 0.6 is 0 Å². The maximum absolute atomic E-state index is 12.2. The highest BCUT2D eigenvalue weighted by Crippen LogP contribution is 2.25. The van der Waals surface area contributed by atoms with Gasteiger partial charge in [0.2, 0.25) is 0 Å². The van der Waals surface area contributed by atoms with Gasteiger partial charge in [-0.3, -0.25) is 14.6 Å². The van der Waals surface area contributed by atoms with Crippen LogP contribution < -0.4 is 4.90 Å². The summed E-state index contributed by atoms with van der Waals surface area (Å²) in [5.41, 5.74) is 0.866. The van der Waals surface area contributed by atoms with Crippen molar-refractivity contribution >= 4 is 17.7 Å². The van der Waals surface area contributed by atoms with Crippen LogP contribution in [0.2, 0.25) is 0 Å². The average Bonchev–Trinajstić information content (AvgIpc) is 3.02. The number of anilines is 1. The largest absolute Gasteiger partial charge is 0.460 e. The molecule has 0 saturated carbocycles. The van der Waals surface area contributed by atoms with Gasteiger partial charge < -0.3 is 9.47 Å². The van der Waals surface area contributed by atoms with E-state index in [9.17, 15) is 9.59 Å². The number of likely N-dealkylation sites (tertiary alicyclic amines) is 1. The van der Waals surface area contributed by atoms with Gasteiger partial charge in [0, 0.05) is 18.7 Å². The van der Waals surface area contributed by atoms with Crippen molar-refractivity contribution in [2.75, 3.05) is 31.1 Å². The number of esters is 1. The second-order valence-electron chi connectivity index (χ2n) is 8.81. The number of rotatable bonds is 5. The number of hydrogen-bond acceptors (Lipinski definition) is 6. The van der Waals surface area contributed by atoms with Gasteiger partial charge in [0.15, 0.2) is 0 Å². The highest BCUT2D eigenvalue weighted by Gasteiger charge is 2.34. The van der Waals surface area contributed by atoms with Gasteiger partial charge in [-0.05, 0) is 76.9 Å². The van der Waals surface area contributed by atoms with Crippen LogP contribution in [0.4, 0.5) is 10.5 Å². The van der Waals surface area contributed by atoms with Gasteiger partial charge in [0.05, 0.1) is 18.2 Å². The Hall–Kier alpha value is -2.59. The highest BCUT2D eigenvalue weighted by atomic mass is 16.6. The van der Waals surface area contributed by atoms with Crippen molar-refractivity contribution in [3.05, 3.63) is 29.8 Å². The van der Waals surface area contributed by atoms with E-state index in [0.29, 0.717) is 31.0 Å². The topological polar surface area (TPSA) is 82.9 Å². The van der Waals surface area contributed by atoms with Crippen molar-refractivity contribution in [1.82, 2.24) is 4.90 Å². The monoisotopic (exact) mass is 399 g/mol. The lowest BCUT2D eigenvalue weighted by Gasteiger charge is -2.33. The summed E-state index contributed by atoms with van der Waals surface area (Å²) in [7, 11) is 0. The van der Waals surface area contributed by atoms with Crippen LogP contribution in [0, 0.1) is 17.2 Å². The molecule has 1 atom stereocenters. The predicted octanol–water partition coefficient (Wildman–Crippen LogP) is 3.33. The zero-order valence-corrected chi connectivity index (χ0v) is 17.4. The maximum atomic E-state index is 12.2. The fourth-order valence-electron chi connectivity index (χ4n) is 3.82. The van der Waals surface area contributed by atoms with Crippen LogP contribution in [-0.2, 0) is 14.3 Å². The standard InChI is InChI=1S/C22H29N3O4/c1-22(2,3)29-20(26)12-16-8-10-24(11-9-16)14-19-15-25(21(27)28-19)18-6-4-17(13-23)5-7-18/h4-7,16,19H,8-12,14-15H2,1-3H3. The Balaban J connectivity index is 1.44. The van der Waals surface area contributed by atoms with Crippen LogP contribution in [0.3, 0.4) is 0 Å². The van der Waals surface area contributed by atoms with Crippen molar-refractivity contribution in [2.24, 2.45) is 5.92 Å². The third-order valence-corrected chi connectivity index (χ3v) is 5.23. The summed E-state index contributed by atoms with van der Waals surface area (Å²) in [6.07, 6.45) is 1.83. The first-order valence-corrected chi connectivity index (χ1v) is 10.2. The van der Waals surface area contributed by atoms with Crippen LogP contribution in [0.5, 0.6) is 0 Å². The number of cyclic esters (lactones) is 1. The number of nitriles is 1. The first-order chi connectivity index (χ1) is 13.7. The summed E-state index contributed by atoms with van der Waals surface area (Å²) in [5, 5.41) is 8.90. The fraction of sp³-hybridized carbons (Fsp3) is 0.591. The SMILES string of the molecule is CC(C)(C)OC(=O)CC1CCN(CC2CN(c3ccc(C#N)cc3)C(=O)O2)CC1. The van der Waals surface area contributed by atoms with Gasteiger partial charge in [0.1, 0.15) is 11.7 Å². The zero-order chi connectivity index (χ0) is 21.0. The Bertz CT molecular complexity index is 771. The molecule has 1 unspecified atom stereocenters. The second kappa shape index (κ2) is 8.83. The number of amides is 1. The van der Waals surface area contributed by atoms with E-state index >= 15 is 0 Å². The molecule has 3 rings (SSSR count). The summed E-state index contributed by atoms with van der Waals surface area (Å²) >= 11 is 0. The second-order valence-corrected chi connectivity index (χ2v) is 8.81.